The van der Waals surface area contributed by atoms with Crippen LogP contribution < -0.4 is 10.2 Å². The van der Waals surface area contributed by atoms with Crippen molar-refractivity contribution in [2.24, 2.45) is 0 Å². The van der Waals surface area contributed by atoms with Crippen LogP contribution in [0.25, 0.3) is 0 Å². The fourth-order valence-electron chi connectivity index (χ4n) is 3.11. The lowest BCUT2D eigenvalue weighted by Gasteiger charge is -2.20. The summed E-state index contributed by atoms with van der Waals surface area (Å²) in [4.78, 5) is 14.0. The highest BCUT2D eigenvalue weighted by Crippen LogP contribution is 2.26. The maximum Gasteiger partial charge on any atom is 0.237 e. The average molecular weight is 405 g/mol. The number of aromatic nitrogens is 3. The first kappa shape index (κ1) is 22.4. The first-order valence-electron chi connectivity index (χ1n) is 10.1. The van der Waals surface area contributed by atoms with Gasteiger partial charge in [-0.05, 0) is 32.4 Å². The van der Waals surface area contributed by atoms with E-state index in [2.05, 4.69) is 48.0 Å². The Labute approximate surface area is 173 Å². The maximum atomic E-state index is 12.6. The number of rotatable bonds is 10. The summed E-state index contributed by atoms with van der Waals surface area (Å²) in [5, 5.41) is 12.5. The lowest BCUT2D eigenvalue weighted by molar-refractivity contribution is -0.893. The number of hydrogen-bond acceptors (Lipinski definition) is 4. The van der Waals surface area contributed by atoms with Gasteiger partial charge < -0.3 is 14.8 Å². The molecule has 1 heterocycles. The van der Waals surface area contributed by atoms with Crippen molar-refractivity contribution in [1.29, 1.82) is 0 Å². The van der Waals surface area contributed by atoms with Gasteiger partial charge in [-0.3, -0.25) is 4.79 Å². The van der Waals surface area contributed by atoms with E-state index < -0.39 is 0 Å². The molecule has 0 saturated carbocycles. The van der Waals surface area contributed by atoms with Gasteiger partial charge in [0, 0.05) is 18.7 Å². The van der Waals surface area contributed by atoms with Crippen LogP contribution in [0.2, 0.25) is 0 Å². The number of benzene rings is 1. The van der Waals surface area contributed by atoms with E-state index in [0.717, 1.165) is 42.5 Å². The number of carbonyl (C=O) groups is 1. The Bertz CT molecular complexity index is 757. The highest BCUT2D eigenvalue weighted by molar-refractivity contribution is 8.00. The molecule has 1 aromatic carbocycles. The predicted molar refractivity (Wildman–Crippen MR) is 116 cm³/mol. The zero-order valence-corrected chi connectivity index (χ0v) is 18.8. The molecule has 1 amide bonds. The van der Waals surface area contributed by atoms with Gasteiger partial charge in [0.15, 0.2) is 11.0 Å². The van der Waals surface area contributed by atoms with E-state index >= 15 is 0 Å². The number of unbranched alkanes of at least 4 members (excludes halogenated alkanes) is 1. The van der Waals surface area contributed by atoms with Gasteiger partial charge in [0.05, 0.1) is 19.3 Å². The van der Waals surface area contributed by atoms with Crippen LogP contribution in [0.15, 0.2) is 29.4 Å². The molecular formula is C21H34N5OS+. The van der Waals surface area contributed by atoms with Crippen LogP contribution in [0.5, 0.6) is 0 Å². The minimum absolute atomic E-state index is 0.0225. The van der Waals surface area contributed by atoms with Crippen molar-refractivity contribution in [3.63, 3.8) is 0 Å². The normalized spacial score (nSPS) is 13.5. The van der Waals surface area contributed by atoms with Crippen LogP contribution in [0.1, 0.15) is 57.5 Å². The minimum Gasteiger partial charge on any atom is -0.331 e. The summed E-state index contributed by atoms with van der Waals surface area (Å²) in [5.41, 5.74) is 1.99. The average Bonchev–Trinajstić information content (AvgIpc) is 3.04. The Morgan fingerprint density at radius 3 is 2.46 bits per heavy atom. The standard InChI is InChI=1S/C21H33N5OS/c1-7-9-14-26-19(18(8-2)25(5)6)23-24-21(26)28-16(4)20(27)22-17-12-10-15(3)11-13-17/h10-13,16,18H,7-9,14H2,1-6H3,(H,22,27)/p+1/t16-,18+/m0/s1. The van der Waals surface area contributed by atoms with Crippen LogP contribution >= 0.6 is 11.8 Å². The van der Waals surface area contributed by atoms with Gasteiger partial charge in [0.1, 0.15) is 6.04 Å². The van der Waals surface area contributed by atoms with Crippen molar-refractivity contribution in [3.8, 4) is 0 Å². The number of quaternary nitrogens is 1. The molecule has 2 atom stereocenters. The Kier molecular flexibility index (Phi) is 8.51. The summed E-state index contributed by atoms with van der Waals surface area (Å²) in [6.45, 7) is 9.20. The van der Waals surface area contributed by atoms with E-state index in [-0.39, 0.29) is 11.2 Å². The molecule has 7 heteroatoms. The molecule has 2 N–H and O–H groups in total. The number of hydrogen-bond donors (Lipinski definition) is 2. The van der Waals surface area contributed by atoms with Gasteiger partial charge in [-0.2, -0.15) is 0 Å². The number of aryl methyl sites for hydroxylation is 1. The lowest BCUT2D eigenvalue weighted by atomic mass is 10.2. The maximum absolute atomic E-state index is 12.6. The topological polar surface area (TPSA) is 64.2 Å². The van der Waals surface area contributed by atoms with E-state index in [1.54, 1.807) is 0 Å². The fourth-order valence-corrected chi connectivity index (χ4v) is 4.00. The van der Waals surface area contributed by atoms with Gasteiger partial charge in [0.25, 0.3) is 0 Å². The van der Waals surface area contributed by atoms with Crippen LogP contribution in [0.3, 0.4) is 0 Å². The summed E-state index contributed by atoms with van der Waals surface area (Å²) in [5.74, 6) is 0.996. The number of anilines is 1. The summed E-state index contributed by atoms with van der Waals surface area (Å²) in [6, 6.07) is 8.15. The highest BCUT2D eigenvalue weighted by atomic mass is 32.2. The zero-order valence-electron chi connectivity index (χ0n) is 18.0. The highest BCUT2D eigenvalue weighted by Gasteiger charge is 2.26. The third kappa shape index (κ3) is 5.82. The molecule has 0 saturated heterocycles. The number of thioether (sulfide) groups is 1. The van der Waals surface area contributed by atoms with Crippen molar-refractivity contribution in [1.82, 2.24) is 14.8 Å². The monoisotopic (exact) mass is 404 g/mol. The van der Waals surface area contributed by atoms with Gasteiger partial charge in [0.2, 0.25) is 5.91 Å². The van der Waals surface area contributed by atoms with Gasteiger partial charge in [-0.1, -0.05) is 49.7 Å². The summed E-state index contributed by atoms with van der Waals surface area (Å²) in [7, 11) is 4.30. The molecule has 154 valence electrons. The quantitative estimate of drug-likeness (QED) is 0.597. The SMILES string of the molecule is CCCCn1c(S[C@@H](C)C(=O)Nc2ccc(C)cc2)nnc1[C@@H](CC)[NH+](C)C. The molecule has 0 aliphatic rings. The van der Waals surface area contributed by atoms with Crippen molar-refractivity contribution in [2.45, 2.75) is 70.0 Å². The summed E-state index contributed by atoms with van der Waals surface area (Å²) < 4.78 is 2.21. The summed E-state index contributed by atoms with van der Waals surface area (Å²) in [6.07, 6.45) is 3.18. The van der Waals surface area contributed by atoms with Crippen molar-refractivity contribution < 1.29 is 9.69 Å². The second-order valence-corrected chi connectivity index (χ2v) is 8.81. The molecule has 0 bridgehead atoms. The Morgan fingerprint density at radius 1 is 1.21 bits per heavy atom. The predicted octanol–water partition coefficient (Wildman–Crippen LogP) is 3.10. The summed E-state index contributed by atoms with van der Waals surface area (Å²) >= 11 is 1.48. The van der Waals surface area contributed by atoms with Crippen LogP contribution in [0, 0.1) is 6.92 Å². The molecule has 0 unspecified atom stereocenters. The zero-order chi connectivity index (χ0) is 20.7. The molecule has 28 heavy (non-hydrogen) atoms. The minimum atomic E-state index is -0.259. The molecule has 0 fully saturated rings. The first-order valence-corrected chi connectivity index (χ1v) is 11.0. The lowest BCUT2D eigenvalue weighted by Crippen LogP contribution is -3.06. The molecule has 0 aliphatic heterocycles. The largest absolute Gasteiger partial charge is 0.331 e. The van der Waals surface area contributed by atoms with E-state index in [4.69, 9.17) is 0 Å². The third-order valence-corrected chi connectivity index (χ3v) is 5.95. The van der Waals surface area contributed by atoms with E-state index in [0.29, 0.717) is 6.04 Å². The Hall–Kier alpha value is -1.86. The smallest absolute Gasteiger partial charge is 0.237 e. The molecule has 2 aromatic rings. The third-order valence-electron chi connectivity index (χ3n) is 4.87. The van der Waals surface area contributed by atoms with Crippen LogP contribution in [-0.4, -0.2) is 40.0 Å². The van der Waals surface area contributed by atoms with E-state index in [9.17, 15) is 4.79 Å². The molecule has 1 aromatic heterocycles. The number of amides is 1. The Morgan fingerprint density at radius 2 is 1.89 bits per heavy atom. The first-order chi connectivity index (χ1) is 13.4. The van der Waals surface area contributed by atoms with E-state index in [1.807, 2.05) is 38.1 Å². The van der Waals surface area contributed by atoms with Crippen LogP contribution in [-0.2, 0) is 11.3 Å². The van der Waals surface area contributed by atoms with Crippen molar-refractivity contribution in [2.75, 3.05) is 19.4 Å². The molecule has 0 radical (unpaired) electrons. The van der Waals surface area contributed by atoms with Crippen molar-refractivity contribution in [3.05, 3.63) is 35.7 Å². The second-order valence-electron chi connectivity index (χ2n) is 7.50. The molecule has 0 spiro atoms. The fraction of sp³-hybridized carbons (Fsp3) is 0.571. The molecule has 2 rings (SSSR count). The van der Waals surface area contributed by atoms with Crippen molar-refractivity contribution >= 4 is 23.4 Å². The van der Waals surface area contributed by atoms with E-state index in [1.165, 1.54) is 22.2 Å². The second kappa shape index (κ2) is 10.6. The molecular weight excluding hydrogens is 370 g/mol. The molecule has 6 nitrogen and oxygen atoms in total. The van der Waals surface area contributed by atoms with Gasteiger partial charge in [-0.25, -0.2) is 0 Å². The Balaban J connectivity index is 2.15. The molecule has 0 aliphatic carbocycles. The van der Waals surface area contributed by atoms with Crippen LogP contribution in [0.4, 0.5) is 5.69 Å². The number of nitrogens with zero attached hydrogens (tertiary/aromatic N) is 3. The number of nitrogens with one attached hydrogen (secondary N) is 2. The van der Waals surface area contributed by atoms with Gasteiger partial charge in [-0.15, -0.1) is 10.2 Å². The number of carbonyl (C=O) groups excluding carboxylic acids is 1. The van der Waals surface area contributed by atoms with Gasteiger partial charge >= 0.3 is 0 Å².